The van der Waals surface area contributed by atoms with Gasteiger partial charge in [0.1, 0.15) is 6.54 Å². The number of alkyl halides is 3. The van der Waals surface area contributed by atoms with Crippen LogP contribution in [0.15, 0.2) is 41.5 Å². The highest BCUT2D eigenvalue weighted by Gasteiger charge is 2.32. The molecule has 2 aliphatic heterocycles. The molecule has 1 atom stereocenters. The molecule has 0 saturated carbocycles. The van der Waals surface area contributed by atoms with Crippen molar-refractivity contribution in [2.24, 2.45) is 13.0 Å². The second-order valence-corrected chi connectivity index (χ2v) is 11.8. The van der Waals surface area contributed by atoms with Crippen molar-refractivity contribution in [1.29, 1.82) is 0 Å². The number of aryl methyl sites for hydroxylation is 1. The smallest absolute Gasteiger partial charge is 0.408 e. The Labute approximate surface area is 251 Å². The molecule has 0 aliphatic carbocycles. The molecule has 4 aromatic rings. The second kappa shape index (κ2) is 11.6. The fourth-order valence-corrected chi connectivity index (χ4v) is 5.85. The first-order valence-electron chi connectivity index (χ1n) is 14.7. The standard InChI is InChI=1S/C30H35F3N8O3/c1-19-5-4-12-44-28-23(15-34-41(28)18-30(31,32)33)22-13-20(17-38(3)27(22)43)26(42)36-29-35-24-7-6-21(14-25(24)40(29)16-19)39-10-8-37(2)9-11-39/h6-7,13-15,17,19H,4-5,8-12,16,18H2,1-3H3,(H,35,36,42)/t19-/m1/s1. The molecule has 6 rings (SSSR count). The summed E-state index contributed by atoms with van der Waals surface area (Å²) in [4.78, 5) is 36.2. The van der Waals surface area contributed by atoms with Gasteiger partial charge in [-0.25, -0.2) is 9.67 Å². The summed E-state index contributed by atoms with van der Waals surface area (Å²) in [6.07, 6.45) is -0.729. The van der Waals surface area contributed by atoms with Gasteiger partial charge in [0, 0.05) is 51.7 Å². The highest BCUT2D eigenvalue weighted by Crippen LogP contribution is 2.32. The lowest BCUT2D eigenvalue weighted by Gasteiger charge is -2.34. The number of hydrogen-bond acceptors (Lipinski definition) is 7. The number of carbonyl (C=O) groups excluding carboxylic acids is 1. The third-order valence-electron chi connectivity index (χ3n) is 8.26. The Balaban J connectivity index is 1.41. The number of halogens is 3. The van der Waals surface area contributed by atoms with Gasteiger partial charge < -0.3 is 23.7 Å². The van der Waals surface area contributed by atoms with Crippen LogP contribution < -0.4 is 20.5 Å². The number of hydrogen-bond donors (Lipinski definition) is 1. The van der Waals surface area contributed by atoms with E-state index in [0.717, 1.165) is 42.9 Å². The van der Waals surface area contributed by atoms with Crippen LogP contribution in [0.4, 0.5) is 24.8 Å². The maximum absolute atomic E-state index is 13.7. The van der Waals surface area contributed by atoms with Crippen LogP contribution in [0, 0.1) is 5.92 Å². The molecule has 1 fully saturated rings. The zero-order valence-electron chi connectivity index (χ0n) is 24.9. The zero-order valence-corrected chi connectivity index (χ0v) is 24.9. The van der Waals surface area contributed by atoms with E-state index in [1.54, 1.807) is 0 Å². The molecule has 3 aromatic heterocycles. The van der Waals surface area contributed by atoms with Crippen molar-refractivity contribution in [3.63, 3.8) is 0 Å². The number of amides is 1. The minimum atomic E-state index is -4.55. The summed E-state index contributed by atoms with van der Waals surface area (Å²) < 4.78 is 49.9. The zero-order chi connectivity index (χ0) is 31.2. The van der Waals surface area contributed by atoms with E-state index < -0.39 is 24.2 Å². The first kappa shape index (κ1) is 29.7. The van der Waals surface area contributed by atoms with Crippen molar-refractivity contribution in [2.45, 2.75) is 39.0 Å². The fourth-order valence-electron chi connectivity index (χ4n) is 5.85. The molecular formula is C30H35F3N8O3. The van der Waals surface area contributed by atoms with Gasteiger partial charge >= 0.3 is 6.18 Å². The van der Waals surface area contributed by atoms with Crippen LogP contribution in [0.25, 0.3) is 22.2 Å². The van der Waals surface area contributed by atoms with Crippen molar-refractivity contribution in [2.75, 3.05) is 50.1 Å². The molecule has 5 heterocycles. The summed E-state index contributed by atoms with van der Waals surface area (Å²) in [5, 5.41) is 6.82. The van der Waals surface area contributed by atoms with Gasteiger partial charge in [0.05, 0.1) is 40.5 Å². The van der Waals surface area contributed by atoms with Crippen LogP contribution in [0.5, 0.6) is 5.88 Å². The van der Waals surface area contributed by atoms with Crippen LogP contribution >= 0.6 is 0 Å². The van der Waals surface area contributed by atoms with Crippen LogP contribution in [0.1, 0.15) is 30.1 Å². The summed E-state index contributed by atoms with van der Waals surface area (Å²) in [5.74, 6) is -0.163. The predicted octanol–water partition coefficient (Wildman–Crippen LogP) is 3.97. The van der Waals surface area contributed by atoms with E-state index in [9.17, 15) is 22.8 Å². The third kappa shape index (κ3) is 6.03. The summed E-state index contributed by atoms with van der Waals surface area (Å²) >= 11 is 0. The molecule has 1 amide bonds. The Bertz CT molecular complexity index is 1750. The number of carbonyl (C=O) groups is 1. The van der Waals surface area contributed by atoms with E-state index in [0.29, 0.717) is 30.0 Å². The van der Waals surface area contributed by atoms with Gasteiger partial charge in [0.25, 0.3) is 11.5 Å². The lowest BCUT2D eigenvalue weighted by atomic mass is 10.1. The molecule has 1 aromatic carbocycles. The number of fused-ring (bicyclic) bond motifs is 7. The van der Waals surface area contributed by atoms with Crippen LogP contribution in [0.3, 0.4) is 0 Å². The molecule has 1 N–H and O–H groups in total. The highest BCUT2D eigenvalue weighted by atomic mass is 19.4. The number of pyridine rings is 1. The molecule has 11 nitrogen and oxygen atoms in total. The quantitative estimate of drug-likeness (QED) is 0.366. The second-order valence-electron chi connectivity index (χ2n) is 11.8. The molecule has 0 radical (unpaired) electrons. The molecule has 44 heavy (non-hydrogen) atoms. The van der Waals surface area contributed by atoms with Gasteiger partial charge in [0.2, 0.25) is 11.8 Å². The number of piperazine rings is 1. The first-order valence-corrected chi connectivity index (χ1v) is 14.7. The number of aromatic nitrogens is 5. The monoisotopic (exact) mass is 612 g/mol. The van der Waals surface area contributed by atoms with E-state index >= 15 is 0 Å². The summed E-state index contributed by atoms with van der Waals surface area (Å²) in [6, 6.07) is 7.50. The number of nitrogens with zero attached hydrogens (tertiary/aromatic N) is 7. The van der Waals surface area contributed by atoms with E-state index in [1.165, 1.54) is 30.1 Å². The first-order chi connectivity index (χ1) is 21.0. The van der Waals surface area contributed by atoms with Crippen molar-refractivity contribution in [3.8, 4) is 17.0 Å². The van der Waals surface area contributed by atoms with E-state index in [-0.39, 0.29) is 35.1 Å². The molecular weight excluding hydrogens is 577 g/mol. The number of benzene rings is 1. The largest absolute Gasteiger partial charge is 0.477 e. The van der Waals surface area contributed by atoms with Crippen LogP contribution in [-0.2, 0) is 20.1 Å². The van der Waals surface area contributed by atoms with Gasteiger partial charge in [-0.15, -0.1) is 0 Å². The minimum absolute atomic E-state index is 0.0112. The fraction of sp³-hybridized carbons (Fsp3) is 0.467. The number of rotatable bonds is 2. The van der Waals surface area contributed by atoms with Gasteiger partial charge in [-0.05, 0) is 50.1 Å². The van der Waals surface area contributed by atoms with Crippen molar-refractivity contribution in [3.05, 3.63) is 52.6 Å². The minimum Gasteiger partial charge on any atom is -0.477 e. The van der Waals surface area contributed by atoms with Gasteiger partial charge in [-0.2, -0.15) is 18.3 Å². The number of ether oxygens (including phenoxy) is 1. The number of nitrogens with one attached hydrogen (secondary N) is 1. The van der Waals surface area contributed by atoms with Crippen molar-refractivity contribution in [1.82, 2.24) is 28.8 Å². The van der Waals surface area contributed by atoms with E-state index in [1.807, 2.05) is 10.6 Å². The predicted molar refractivity (Wildman–Crippen MR) is 160 cm³/mol. The summed E-state index contributed by atoms with van der Waals surface area (Å²) in [5.41, 5.74) is 2.47. The lowest BCUT2D eigenvalue weighted by Crippen LogP contribution is -2.44. The van der Waals surface area contributed by atoms with Crippen LogP contribution in [-0.4, -0.2) is 80.7 Å². The Morgan fingerprint density at radius 1 is 1.07 bits per heavy atom. The Kier molecular flexibility index (Phi) is 7.86. The van der Waals surface area contributed by atoms with Crippen LogP contribution in [0.2, 0.25) is 0 Å². The Morgan fingerprint density at radius 2 is 1.84 bits per heavy atom. The average molecular weight is 613 g/mol. The third-order valence-corrected chi connectivity index (χ3v) is 8.26. The van der Waals surface area contributed by atoms with E-state index in [2.05, 4.69) is 46.3 Å². The Morgan fingerprint density at radius 3 is 2.59 bits per heavy atom. The van der Waals surface area contributed by atoms with Crippen molar-refractivity contribution < 1.29 is 22.7 Å². The number of likely N-dealkylation sites (N-methyl/N-ethyl adjacent to an activating group) is 1. The molecule has 0 unspecified atom stereocenters. The lowest BCUT2D eigenvalue weighted by molar-refractivity contribution is -0.143. The van der Waals surface area contributed by atoms with Gasteiger partial charge in [0.15, 0.2) is 0 Å². The highest BCUT2D eigenvalue weighted by molar-refractivity contribution is 6.04. The average Bonchev–Trinajstić information content (AvgIpc) is 3.51. The Hall–Kier alpha value is -4.33. The number of imidazole rings is 1. The van der Waals surface area contributed by atoms with Gasteiger partial charge in [-0.3, -0.25) is 14.9 Å². The maximum atomic E-state index is 13.7. The van der Waals surface area contributed by atoms with Crippen molar-refractivity contribution >= 4 is 28.6 Å². The maximum Gasteiger partial charge on any atom is 0.408 e. The molecule has 0 spiro atoms. The SMILES string of the molecule is C[C@@H]1CCCOc2c(cnn2CC(F)(F)F)-c2cc(cn(C)c2=O)C(=O)Nc2nc3ccc(N4CCN(C)CC4)cc3n2C1. The number of anilines is 2. The summed E-state index contributed by atoms with van der Waals surface area (Å²) in [7, 11) is 3.59. The summed E-state index contributed by atoms with van der Waals surface area (Å²) in [6.45, 7) is 5.14. The molecule has 14 heteroatoms. The normalized spacial score (nSPS) is 18.6. The van der Waals surface area contributed by atoms with Gasteiger partial charge in [-0.1, -0.05) is 6.92 Å². The molecule has 2 bridgehead atoms. The molecule has 1 saturated heterocycles. The van der Waals surface area contributed by atoms with E-state index in [4.69, 9.17) is 9.72 Å². The molecule has 2 aliphatic rings. The topological polar surface area (TPSA) is 102 Å². The molecule has 234 valence electrons.